The molecular formula is C20H16ClN3O4S. The predicted molar refractivity (Wildman–Crippen MR) is 111 cm³/mol. The number of thioether (sulfide) groups is 1. The van der Waals surface area contributed by atoms with E-state index in [0.29, 0.717) is 27.1 Å². The molecule has 9 heteroatoms. The largest absolute Gasteiger partial charge is 0.504 e. The molecule has 4 rings (SSSR count). The van der Waals surface area contributed by atoms with Crippen LogP contribution < -0.4 is 10.9 Å². The number of H-pyrrole nitrogens is 1. The minimum absolute atomic E-state index is 0.0409. The van der Waals surface area contributed by atoms with Crippen LogP contribution in [0.15, 0.2) is 52.4 Å². The zero-order valence-electron chi connectivity index (χ0n) is 15.0. The first kappa shape index (κ1) is 19.4. The van der Waals surface area contributed by atoms with Crippen LogP contribution in [0.2, 0.25) is 5.02 Å². The molecule has 2 aromatic carbocycles. The zero-order valence-corrected chi connectivity index (χ0v) is 16.5. The Hall–Kier alpha value is -2.97. The number of fused-ring (bicyclic) bond motifs is 1. The maximum absolute atomic E-state index is 12.8. The molecule has 148 valence electrons. The number of halogens is 1. The molecule has 1 atom stereocenters. The molecule has 1 aliphatic rings. The number of nitrogens with zero attached hydrogens (tertiary/aromatic N) is 1. The molecule has 0 saturated carbocycles. The first-order chi connectivity index (χ1) is 13.9. The van der Waals surface area contributed by atoms with Gasteiger partial charge in [0, 0.05) is 23.1 Å². The quantitative estimate of drug-likeness (QED) is 0.286. The van der Waals surface area contributed by atoms with E-state index in [1.54, 1.807) is 18.2 Å². The Morgan fingerprint density at radius 1 is 1.10 bits per heavy atom. The summed E-state index contributed by atoms with van der Waals surface area (Å²) in [5.41, 5.74) is 1.53. The maximum atomic E-state index is 12.8. The number of hydrogen-bond acceptors (Lipinski definition) is 6. The highest BCUT2D eigenvalue weighted by Gasteiger charge is 2.31. The van der Waals surface area contributed by atoms with Crippen molar-refractivity contribution in [3.8, 4) is 11.5 Å². The number of aromatic hydroxyl groups is 2. The summed E-state index contributed by atoms with van der Waals surface area (Å²) >= 11 is 7.22. The topological polar surface area (TPSA) is 115 Å². The zero-order chi connectivity index (χ0) is 20.5. The van der Waals surface area contributed by atoms with Crippen molar-refractivity contribution in [1.29, 1.82) is 0 Å². The SMILES string of the molecule is O=C1C[C@H](c2ccc(O)c(O)c2)c2c(nc(SCc3ccc(Cl)cc3)[nH]c2=O)N1. The van der Waals surface area contributed by atoms with Crippen molar-refractivity contribution in [2.45, 2.75) is 23.2 Å². The van der Waals surface area contributed by atoms with Crippen LogP contribution in [-0.4, -0.2) is 26.1 Å². The highest BCUT2D eigenvalue weighted by atomic mass is 35.5. The first-order valence-electron chi connectivity index (χ1n) is 8.74. The summed E-state index contributed by atoms with van der Waals surface area (Å²) in [6.45, 7) is 0. The van der Waals surface area contributed by atoms with Gasteiger partial charge in [-0.05, 0) is 35.4 Å². The number of carbonyl (C=O) groups is 1. The fourth-order valence-electron chi connectivity index (χ4n) is 3.19. The third-order valence-electron chi connectivity index (χ3n) is 4.62. The predicted octanol–water partition coefficient (Wildman–Crippen LogP) is 3.60. The fraction of sp³-hybridized carbons (Fsp3) is 0.150. The Balaban J connectivity index is 1.65. The number of carbonyl (C=O) groups excluding carboxylic acids is 1. The molecule has 4 N–H and O–H groups in total. The second kappa shape index (κ2) is 7.81. The average Bonchev–Trinajstić information content (AvgIpc) is 2.68. The summed E-state index contributed by atoms with van der Waals surface area (Å²) in [6, 6.07) is 11.6. The molecule has 0 bridgehead atoms. The van der Waals surface area contributed by atoms with Gasteiger partial charge in [-0.2, -0.15) is 0 Å². The lowest BCUT2D eigenvalue weighted by atomic mass is 9.86. The van der Waals surface area contributed by atoms with Gasteiger partial charge in [0.1, 0.15) is 5.82 Å². The maximum Gasteiger partial charge on any atom is 0.257 e. The van der Waals surface area contributed by atoms with E-state index in [1.807, 2.05) is 12.1 Å². The molecule has 0 unspecified atom stereocenters. The van der Waals surface area contributed by atoms with E-state index in [9.17, 15) is 19.8 Å². The second-order valence-electron chi connectivity index (χ2n) is 6.60. The first-order valence-corrected chi connectivity index (χ1v) is 10.1. The van der Waals surface area contributed by atoms with Crippen LogP contribution in [0.1, 0.15) is 29.0 Å². The van der Waals surface area contributed by atoms with Crippen molar-refractivity contribution in [3.63, 3.8) is 0 Å². The van der Waals surface area contributed by atoms with Crippen LogP contribution in [0.4, 0.5) is 5.82 Å². The summed E-state index contributed by atoms with van der Waals surface area (Å²) in [5.74, 6) is -0.646. The molecule has 2 heterocycles. The minimum atomic E-state index is -0.572. The van der Waals surface area contributed by atoms with Gasteiger partial charge in [-0.25, -0.2) is 4.98 Å². The van der Waals surface area contributed by atoms with Gasteiger partial charge >= 0.3 is 0 Å². The van der Waals surface area contributed by atoms with Crippen molar-refractivity contribution < 1.29 is 15.0 Å². The number of aromatic nitrogens is 2. The summed E-state index contributed by atoms with van der Waals surface area (Å²) in [4.78, 5) is 32.2. The summed E-state index contributed by atoms with van der Waals surface area (Å²) in [5, 5.41) is 23.0. The number of phenolic OH excluding ortho intramolecular Hbond substituents is 2. The summed E-state index contributed by atoms with van der Waals surface area (Å²) in [7, 11) is 0. The van der Waals surface area contributed by atoms with Gasteiger partial charge in [0.15, 0.2) is 16.7 Å². The smallest absolute Gasteiger partial charge is 0.257 e. The van der Waals surface area contributed by atoms with Crippen LogP contribution in [0.5, 0.6) is 11.5 Å². The Morgan fingerprint density at radius 2 is 1.86 bits per heavy atom. The Morgan fingerprint density at radius 3 is 2.59 bits per heavy atom. The van der Waals surface area contributed by atoms with E-state index in [4.69, 9.17) is 11.6 Å². The number of phenols is 2. The number of aromatic amines is 1. The third-order valence-corrected chi connectivity index (χ3v) is 5.82. The van der Waals surface area contributed by atoms with Gasteiger partial charge in [0.2, 0.25) is 5.91 Å². The lowest BCUT2D eigenvalue weighted by molar-refractivity contribution is -0.116. The van der Waals surface area contributed by atoms with Crippen molar-refractivity contribution in [2.24, 2.45) is 0 Å². The lowest BCUT2D eigenvalue weighted by Gasteiger charge is -2.24. The normalized spacial score (nSPS) is 15.6. The molecule has 1 amide bonds. The van der Waals surface area contributed by atoms with Crippen LogP contribution in [0.3, 0.4) is 0 Å². The Labute approximate surface area is 174 Å². The van der Waals surface area contributed by atoms with E-state index in [1.165, 1.54) is 23.9 Å². The molecule has 0 aliphatic carbocycles. The molecule has 7 nitrogen and oxygen atoms in total. The van der Waals surface area contributed by atoms with Gasteiger partial charge in [-0.1, -0.05) is 41.6 Å². The Bertz CT molecular complexity index is 1150. The van der Waals surface area contributed by atoms with E-state index in [-0.39, 0.29) is 35.2 Å². The molecule has 0 fully saturated rings. The number of hydrogen-bond donors (Lipinski definition) is 4. The minimum Gasteiger partial charge on any atom is -0.504 e. The van der Waals surface area contributed by atoms with E-state index in [2.05, 4.69) is 15.3 Å². The number of amides is 1. The number of rotatable bonds is 4. The molecular weight excluding hydrogens is 414 g/mol. The van der Waals surface area contributed by atoms with Crippen LogP contribution in [-0.2, 0) is 10.5 Å². The van der Waals surface area contributed by atoms with Crippen molar-refractivity contribution in [3.05, 3.63) is 74.5 Å². The van der Waals surface area contributed by atoms with Gasteiger partial charge < -0.3 is 20.5 Å². The monoisotopic (exact) mass is 429 g/mol. The van der Waals surface area contributed by atoms with E-state index in [0.717, 1.165) is 5.56 Å². The van der Waals surface area contributed by atoms with Gasteiger partial charge in [0.25, 0.3) is 5.56 Å². The molecule has 29 heavy (non-hydrogen) atoms. The molecule has 1 aromatic heterocycles. The number of benzene rings is 2. The van der Waals surface area contributed by atoms with Crippen LogP contribution >= 0.6 is 23.4 Å². The summed E-state index contributed by atoms with van der Waals surface area (Å²) < 4.78 is 0. The standard InChI is InChI=1S/C20H16ClN3O4S/c21-12-4-1-10(2-5-12)9-29-20-23-18-17(19(28)24-20)13(8-16(27)22-18)11-3-6-14(25)15(26)7-11/h1-7,13,25-26H,8-9H2,(H2,22,23,24,27,28)/t13-/m1/s1. The van der Waals surface area contributed by atoms with Gasteiger partial charge in [-0.3, -0.25) is 9.59 Å². The van der Waals surface area contributed by atoms with Crippen molar-refractivity contribution in [1.82, 2.24) is 9.97 Å². The van der Waals surface area contributed by atoms with E-state index >= 15 is 0 Å². The molecule has 0 spiro atoms. The summed E-state index contributed by atoms with van der Waals surface area (Å²) in [6.07, 6.45) is 0.0409. The number of anilines is 1. The highest BCUT2D eigenvalue weighted by Crippen LogP contribution is 2.37. The van der Waals surface area contributed by atoms with Crippen molar-refractivity contribution >= 4 is 35.1 Å². The second-order valence-corrected chi connectivity index (χ2v) is 8.00. The van der Waals surface area contributed by atoms with Crippen molar-refractivity contribution in [2.75, 3.05) is 5.32 Å². The molecule has 3 aromatic rings. The molecule has 1 aliphatic heterocycles. The molecule has 0 radical (unpaired) electrons. The average molecular weight is 430 g/mol. The van der Waals surface area contributed by atoms with Crippen LogP contribution in [0, 0.1) is 0 Å². The highest BCUT2D eigenvalue weighted by molar-refractivity contribution is 7.98. The van der Waals surface area contributed by atoms with Crippen LogP contribution in [0.25, 0.3) is 0 Å². The number of nitrogens with one attached hydrogen (secondary N) is 2. The lowest BCUT2D eigenvalue weighted by Crippen LogP contribution is -2.31. The van der Waals surface area contributed by atoms with Gasteiger partial charge in [-0.15, -0.1) is 0 Å². The molecule has 0 saturated heterocycles. The fourth-order valence-corrected chi connectivity index (χ4v) is 4.14. The van der Waals surface area contributed by atoms with Gasteiger partial charge in [0.05, 0.1) is 5.56 Å². The third kappa shape index (κ3) is 4.08. The Kier molecular flexibility index (Phi) is 5.21. The van der Waals surface area contributed by atoms with E-state index < -0.39 is 5.92 Å².